The van der Waals surface area contributed by atoms with Gasteiger partial charge in [0, 0.05) is 17.6 Å². The smallest absolute Gasteiger partial charge is 0.263 e. The number of sulfone groups is 1. The van der Waals surface area contributed by atoms with Crippen molar-refractivity contribution in [3.05, 3.63) is 64.9 Å². The molecule has 150 valence electrons. The van der Waals surface area contributed by atoms with E-state index in [1.165, 1.54) is 24.3 Å². The van der Waals surface area contributed by atoms with Crippen LogP contribution in [-0.4, -0.2) is 42.9 Å². The first-order valence-electron chi connectivity index (χ1n) is 8.91. The van der Waals surface area contributed by atoms with Gasteiger partial charge in [0.25, 0.3) is 5.91 Å². The van der Waals surface area contributed by atoms with Gasteiger partial charge < -0.3 is 9.64 Å². The first-order chi connectivity index (χ1) is 13.2. The van der Waals surface area contributed by atoms with Crippen LogP contribution in [0, 0.1) is 5.82 Å². The predicted molar refractivity (Wildman–Crippen MR) is 106 cm³/mol. The zero-order valence-electron chi connectivity index (χ0n) is 15.3. The Morgan fingerprint density at radius 1 is 1.21 bits per heavy atom. The fourth-order valence-electron chi connectivity index (χ4n) is 3.20. The van der Waals surface area contributed by atoms with Gasteiger partial charge in [-0.05, 0) is 55.3 Å². The van der Waals surface area contributed by atoms with Crippen molar-refractivity contribution in [2.75, 3.05) is 11.5 Å². The second-order valence-corrected chi connectivity index (χ2v) is 9.53. The number of ether oxygens (including phenoxy) is 1. The third-order valence-electron chi connectivity index (χ3n) is 4.67. The lowest BCUT2D eigenvalue weighted by atomic mass is 10.1. The highest BCUT2D eigenvalue weighted by atomic mass is 35.5. The highest BCUT2D eigenvalue weighted by molar-refractivity contribution is 7.91. The average molecular weight is 426 g/mol. The molecule has 0 aliphatic carbocycles. The molecule has 2 atom stereocenters. The number of amides is 1. The maximum atomic E-state index is 13.1. The van der Waals surface area contributed by atoms with Gasteiger partial charge in [-0.2, -0.15) is 0 Å². The number of nitrogens with zero attached hydrogens (tertiary/aromatic N) is 1. The van der Waals surface area contributed by atoms with E-state index in [0.29, 0.717) is 17.2 Å². The summed E-state index contributed by atoms with van der Waals surface area (Å²) in [5.74, 6) is -0.342. The fourth-order valence-corrected chi connectivity index (χ4v) is 5.05. The second kappa shape index (κ2) is 8.49. The molecule has 8 heteroatoms. The summed E-state index contributed by atoms with van der Waals surface area (Å²) in [4.78, 5) is 14.6. The van der Waals surface area contributed by atoms with Crippen molar-refractivity contribution in [3.63, 3.8) is 0 Å². The molecule has 28 heavy (non-hydrogen) atoms. The molecule has 0 N–H and O–H groups in total. The van der Waals surface area contributed by atoms with E-state index in [2.05, 4.69) is 0 Å². The lowest BCUT2D eigenvalue weighted by Gasteiger charge is -2.31. The highest BCUT2D eigenvalue weighted by Crippen LogP contribution is 2.23. The molecule has 0 saturated carbocycles. The van der Waals surface area contributed by atoms with Crippen molar-refractivity contribution in [1.82, 2.24) is 4.90 Å². The van der Waals surface area contributed by atoms with E-state index >= 15 is 0 Å². The minimum absolute atomic E-state index is 0.0599. The first kappa shape index (κ1) is 20.6. The number of carbonyl (C=O) groups is 1. The van der Waals surface area contributed by atoms with Crippen molar-refractivity contribution in [3.8, 4) is 5.75 Å². The van der Waals surface area contributed by atoms with Gasteiger partial charge in [-0.3, -0.25) is 4.79 Å². The van der Waals surface area contributed by atoms with Crippen molar-refractivity contribution in [2.24, 2.45) is 0 Å². The van der Waals surface area contributed by atoms with Crippen LogP contribution >= 0.6 is 11.6 Å². The Labute approximate surface area is 169 Å². The fraction of sp³-hybridized carbons (Fsp3) is 0.350. The minimum atomic E-state index is -3.16. The summed E-state index contributed by atoms with van der Waals surface area (Å²) in [6, 6.07) is 12.0. The standard InChI is InChI=1S/C20H21ClFNO4S/c1-14(27-19-8-6-17(22)7-9-19)20(24)23(18-10-11-28(25,26)13-18)12-15-2-4-16(21)5-3-15/h2-9,14,18H,10-13H2,1H3/t14-,18+/m0/s1. The van der Waals surface area contributed by atoms with Crippen molar-refractivity contribution in [1.29, 1.82) is 0 Å². The molecular weight excluding hydrogens is 405 g/mol. The van der Waals surface area contributed by atoms with E-state index in [1.807, 2.05) is 0 Å². The van der Waals surface area contributed by atoms with Crippen molar-refractivity contribution < 1.29 is 22.3 Å². The molecule has 2 aromatic rings. The van der Waals surface area contributed by atoms with Gasteiger partial charge in [0.05, 0.1) is 11.5 Å². The Hall–Kier alpha value is -2.12. The van der Waals surface area contributed by atoms with Crippen molar-refractivity contribution >= 4 is 27.3 Å². The molecule has 0 aromatic heterocycles. The summed E-state index contributed by atoms with van der Waals surface area (Å²) in [6.07, 6.45) is -0.452. The molecule has 0 radical (unpaired) electrons. The van der Waals surface area contributed by atoms with Crippen LogP contribution in [0.3, 0.4) is 0 Å². The number of rotatable bonds is 6. The predicted octanol–water partition coefficient (Wildman–Crippen LogP) is 3.46. The van der Waals surface area contributed by atoms with Crippen LogP contribution in [0.2, 0.25) is 5.02 Å². The van der Waals surface area contributed by atoms with E-state index in [1.54, 1.807) is 36.1 Å². The molecule has 0 unspecified atom stereocenters. The van der Waals surface area contributed by atoms with Crippen LogP contribution in [0.5, 0.6) is 5.75 Å². The van der Waals surface area contributed by atoms with Gasteiger partial charge in [0.2, 0.25) is 0 Å². The molecular formula is C20H21ClFNO4S. The molecule has 1 saturated heterocycles. The van der Waals surface area contributed by atoms with Gasteiger partial charge in [-0.25, -0.2) is 12.8 Å². The van der Waals surface area contributed by atoms with Crippen LogP contribution in [0.1, 0.15) is 18.9 Å². The summed E-state index contributed by atoms with van der Waals surface area (Å²) in [5.41, 5.74) is 0.844. The molecule has 1 fully saturated rings. The van der Waals surface area contributed by atoms with Gasteiger partial charge >= 0.3 is 0 Å². The lowest BCUT2D eigenvalue weighted by Crippen LogP contribution is -2.46. The van der Waals surface area contributed by atoms with Gasteiger partial charge in [-0.15, -0.1) is 0 Å². The van der Waals surface area contributed by atoms with E-state index in [9.17, 15) is 17.6 Å². The summed E-state index contributed by atoms with van der Waals surface area (Å²) in [6.45, 7) is 1.86. The summed E-state index contributed by atoms with van der Waals surface area (Å²) < 4.78 is 42.6. The zero-order valence-corrected chi connectivity index (χ0v) is 16.9. The maximum absolute atomic E-state index is 13.1. The van der Waals surface area contributed by atoms with E-state index < -0.39 is 27.8 Å². The summed E-state index contributed by atoms with van der Waals surface area (Å²) >= 11 is 5.92. The third kappa shape index (κ3) is 5.23. The highest BCUT2D eigenvalue weighted by Gasteiger charge is 2.36. The van der Waals surface area contributed by atoms with Crippen LogP contribution in [0.15, 0.2) is 48.5 Å². The SMILES string of the molecule is C[C@H](Oc1ccc(F)cc1)C(=O)N(Cc1ccc(Cl)cc1)[C@@H]1CCS(=O)(=O)C1. The Balaban J connectivity index is 1.79. The van der Waals surface area contributed by atoms with Crippen LogP contribution < -0.4 is 4.74 Å². The van der Waals surface area contributed by atoms with E-state index in [4.69, 9.17) is 16.3 Å². The first-order valence-corrected chi connectivity index (χ1v) is 11.1. The number of halogens is 2. The van der Waals surface area contributed by atoms with E-state index in [0.717, 1.165) is 5.56 Å². The largest absolute Gasteiger partial charge is 0.481 e. The quantitative estimate of drug-likeness (QED) is 0.711. The van der Waals surface area contributed by atoms with Crippen LogP contribution in [0.4, 0.5) is 4.39 Å². The van der Waals surface area contributed by atoms with Crippen LogP contribution in [0.25, 0.3) is 0 Å². The molecule has 0 spiro atoms. The number of carbonyl (C=O) groups excluding carboxylic acids is 1. The normalized spacial score (nSPS) is 19.2. The Bertz CT molecular complexity index is 932. The summed E-state index contributed by atoms with van der Waals surface area (Å²) in [7, 11) is -3.16. The van der Waals surface area contributed by atoms with Gasteiger partial charge in [0.15, 0.2) is 15.9 Å². The molecule has 1 heterocycles. The Morgan fingerprint density at radius 2 is 1.86 bits per heavy atom. The van der Waals surface area contributed by atoms with E-state index in [-0.39, 0.29) is 24.0 Å². The average Bonchev–Trinajstić information content (AvgIpc) is 3.02. The maximum Gasteiger partial charge on any atom is 0.263 e. The molecule has 2 aromatic carbocycles. The molecule has 3 rings (SSSR count). The lowest BCUT2D eigenvalue weighted by molar-refractivity contribution is -0.140. The Morgan fingerprint density at radius 3 is 2.43 bits per heavy atom. The number of hydrogen-bond acceptors (Lipinski definition) is 4. The monoisotopic (exact) mass is 425 g/mol. The third-order valence-corrected chi connectivity index (χ3v) is 6.68. The second-order valence-electron chi connectivity index (χ2n) is 6.86. The molecule has 1 aliphatic heterocycles. The Kier molecular flexibility index (Phi) is 6.25. The number of hydrogen-bond donors (Lipinski definition) is 0. The minimum Gasteiger partial charge on any atom is -0.481 e. The topological polar surface area (TPSA) is 63.7 Å². The zero-order chi connectivity index (χ0) is 20.3. The molecule has 0 bridgehead atoms. The number of benzene rings is 2. The molecule has 1 amide bonds. The summed E-state index contributed by atoms with van der Waals surface area (Å²) in [5, 5.41) is 0.582. The molecule has 5 nitrogen and oxygen atoms in total. The van der Waals surface area contributed by atoms with Gasteiger partial charge in [0.1, 0.15) is 11.6 Å². The van der Waals surface area contributed by atoms with Crippen LogP contribution in [-0.2, 0) is 21.2 Å². The van der Waals surface area contributed by atoms with Gasteiger partial charge in [-0.1, -0.05) is 23.7 Å². The van der Waals surface area contributed by atoms with Crippen molar-refractivity contribution in [2.45, 2.75) is 32.0 Å². The molecule has 1 aliphatic rings.